The van der Waals surface area contributed by atoms with E-state index < -0.39 is 38.3 Å². The second kappa shape index (κ2) is 8.54. The van der Waals surface area contributed by atoms with E-state index >= 15 is 0 Å². The highest BCUT2D eigenvalue weighted by Crippen LogP contribution is 2.28. The maximum atomic E-state index is 14.4. The van der Waals surface area contributed by atoms with Crippen molar-refractivity contribution in [3.63, 3.8) is 0 Å². The van der Waals surface area contributed by atoms with Crippen LogP contribution in [0.4, 0.5) is 18.9 Å². The molecule has 1 amide bonds. The average Bonchev–Trinajstić information content (AvgIpc) is 2.71. The first-order chi connectivity index (χ1) is 13.7. The summed E-state index contributed by atoms with van der Waals surface area (Å²) in [5.41, 5.74) is -0.131. The Balaban J connectivity index is 1.86. The molecule has 9 heteroatoms. The fraction of sp³-hybridized carbons (Fsp3) is 0.350. The summed E-state index contributed by atoms with van der Waals surface area (Å²) in [6.45, 7) is 0. The quantitative estimate of drug-likeness (QED) is 0.775. The Morgan fingerprint density at radius 2 is 1.62 bits per heavy atom. The standard InChI is InChI=1S/C20H21F3N2O3S/c1-25(15-5-3-2-4-6-15)29(27,28)19-11-13(7-9-17(19)22)20(26)24-14-8-10-16(21)18(23)12-14/h7-12,15H,2-6H2,1H3,(H,24,26). The molecule has 0 aliphatic heterocycles. The smallest absolute Gasteiger partial charge is 0.255 e. The van der Waals surface area contributed by atoms with Crippen molar-refractivity contribution in [3.05, 3.63) is 59.4 Å². The minimum Gasteiger partial charge on any atom is -0.322 e. The number of anilines is 1. The molecule has 0 bridgehead atoms. The van der Waals surface area contributed by atoms with Crippen molar-refractivity contribution < 1.29 is 26.4 Å². The second-order valence-corrected chi connectivity index (χ2v) is 9.01. The van der Waals surface area contributed by atoms with Gasteiger partial charge in [0, 0.05) is 30.4 Å². The van der Waals surface area contributed by atoms with Crippen LogP contribution in [0.3, 0.4) is 0 Å². The maximum absolute atomic E-state index is 14.4. The number of nitrogens with one attached hydrogen (secondary N) is 1. The van der Waals surface area contributed by atoms with Crippen LogP contribution in [0.5, 0.6) is 0 Å². The molecule has 1 aliphatic rings. The number of carbonyl (C=O) groups excluding carboxylic acids is 1. The van der Waals surface area contributed by atoms with E-state index in [0.29, 0.717) is 12.8 Å². The summed E-state index contributed by atoms with van der Waals surface area (Å²) in [5, 5.41) is 2.34. The first-order valence-electron chi connectivity index (χ1n) is 9.24. The van der Waals surface area contributed by atoms with Gasteiger partial charge in [0.05, 0.1) is 0 Å². The lowest BCUT2D eigenvalue weighted by Gasteiger charge is -2.30. The van der Waals surface area contributed by atoms with Crippen LogP contribution in [0.2, 0.25) is 0 Å². The third-order valence-electron chi connectivity index (χ3n) is 5.12. The SMILES string of the molecule is CN(C1CCCCC1)S(=O)(=O)c1cc(C(=O)Nc2ccc(F)c(F)c2)ccc1F. The number of carbonyl (C=O) groups is 1. The molecule has 2 aromatic carbocycles. The normalized spacial score (nSPS) is 15.5. The van der Waals surface area contributed by atoms with E-state index in [0.717, 1.165) is 55.7 Å². The van der Waals surface area contributed by atoms with Crippen LogP contribution in [0.1, 0.15) is 42.5 Å². The highest BCUT2D eigenvalue weighted by Gasteiger charge is 2.31. The van der Waals surface area contributed by atoms with E-state index in [-0.39, 0.29) is 17.3 Å². The van der Waals surface area contributed by atoms with Gasteiger partial charge in [-0.2, -0.15) is 4.31 Å². The molecule has 0 saturated heterocycles. The predicted octanol–water partition coefficient (Wildman–Crippen LogP) is 4.31. The molecule has 0 atom stereocenters. The summed E-state index contributed by atoms with van der Waals surface area (Å²) in [6, 6.07) is 5.59. The van der Waals surface area contributed by atoms with E-state index in [4.69, 9.17) is 0 Å². The van der Waals surface area contributed by atoms with Gasteiger partial charge in [0.2, 0.25) is 10.0 Å². The van der Waals surface area contributed by atoms with Gasteiger partial charge >= 0.3 is 0 Å². The van der Waals surface area contributed by atoms with Gasteiger partial charge in [-0.1, -0.05) is 19.3 Å². The molecule has 0 unspecified atom stereocenters. The van der Waals surface area contributed by atoms with Gasteiger partial charge in [0.25, 0.3) is 5.91 Å². The highest BCUT2D eigenvalue weighted by molar-refractivity contribution is 7.89. The fourth-order valence-corrected chi connectivity index (χ4v) is 4.92. The monoisotopic (exact) mass is 426 g/mol. The number of nitrogens with zero attached hydrogens (tertiary/aromatic N) is 1. The number of rotatable bonds is 5. The Kier molecular flexibility index (Phi) is 6.28. The molecule has 0 heterocycles. The van der Waals surface area contributed by atoms with Gasteiger partial charge in [0.15, 0.2) is 11.6 Å². The summed E-state index contributed by atoms with van der Waals surface area (Å²) >= 11 is 0. The molecule has 0 aromatic heterocycles. The molecule has 5 nitrogen and oxygen atoms in total. The van der Waals surface area contributed by atoms with Gasteiger partial charge in [-0.25, -0.2) is 21.6 Å². The zero-order valence-electron chi connectivity index (χ0n) is 15.8. The number of amides is 1. The van der Waals surface area contributed by atoms with Crippen molar-refractivity contribution in [2.45, 2.75) is 43.0 Å². The minimum atomic E-state index is -4.14. The van der Waals surface area contributed by atoms with Crippen LogP contribution in [0.15, 0.2) is 41.3 Å². The van der Waals surface area contributed by atoms with E-state index in [1.165, 1.54) is 11.4 Å². The van der Waals surface area contributed by atoms with E-state index in [1.54, 1.807) is 0 Å². The lowest BCUT2D eigenvalue weighted by atomic mass is 9.96. The number of halogens is 3. The fourth-order valence-electron chi connectivity index (χ4n) is 3.42. The first-order valence-corrected chi connectivity index (χ1v) is 10.7. The molecule has 1 saturated carbocycles. The van der Waals surface area contributed by atoms with Gasteiger partial charge in [0.1, 0.15) is 10.7 Å². The van der Waals surface area contributed by atoms with E-state index in [2.05, 4.69) is 5.32 Å². The van der Waals surface area contributed by atoms with Crippen LogP contribution in [0, 0.1) is 17.5 Å². The second-order valence-electron chi connectivity index (χ2n) is 7.04. The predicted molar refractivity (Wildman–Crippen MR) is 103 cm³/mol. The Hall–Kier alpha value is -2.39. The molecule has 29 heavy (non-hydrogen) atoms. The average molecular weight is 426 g/mol. The summed E-state index contributed by atoms with van der Waals surface area (Å²) in [7, 11) is -2.73. The molecular formula is C20H21F3N2O3S. The maximum Gasteiger partial charge on any atom is 0.255 e. The number of hydrogen-bond donors (Lipinski definition) is 1. The van der Waals surface area contributed by atoms with Crippen molar-refractivity contribution in [1.82, 2.24) is 4.31 Å². The van der Waals surface area contributed by atoms with Crippen LogP contribution in [-0.2, 0) is 10.0 Å². The zero-order chi connectivity index (χ0) is 21.2. The molecule has 156 valence electrons. The Bertz CT molecular complexity index is 1020. The largest absolute Gasteiger partial charge is 0.322 e. The summed E-state index contributed by atoms with van der Waals surface area (Å²) in [4.78, 5) is 11.8. The molecule has 1 aliphatic carbocycles. The van der Waals surface area contributed by atoms with E-state index in [1.807, 2.05) is 0 Å². The summed E-state index contributed by atoms with van der Waals surface area (Å²) < 4.78 is 67.7. The number of hydrogen-bond acceptors (Lipinski definition) is 3. The van der Waals surface area contributed by atoms with Crippen molar-refractivity contribution in [1.29, 1.82) is 0 Å². The molecule has 1 N–H and O–H groups in total. The van der Waals surface area contributed by atoms with Gasteiger partial charge < -0.3 is 5.32 Å². The van der Waals surface area contributed by atoms with Crippen molar-refractivity contribution >= 4 is 21.6 Å². The lowest BCUT2D eigenvalue weighted by Crippen LogP contribution is -2.38. The van der Waals surface area contributed by atoms with Gasteiger partial charge in [-0.3, -0.25) is 4.79 Å². The highest BCUT2D eigenvalue weighted by atomic mass is 32.2. The third kappa shape index (κ3) is 4.62. The molecular weight excluding hydrogens is 405 g/mol. The van der Waals surface area contributed by atoms with Crippen LogP contribution >= 0.6 is 0 Å². The molecule has 1 fully saturated rings. The van der Waals surface area contributed by atoms with Crippen molar-refractivity contribution in [2.75, 3.05) is 12.4 Å². The van der Waals surface area contributed by atoms with Crippen LogP contribution in [0.25, 0.3) is 0 Å². The Morgan fingerprint density at radius 3 is 2.28 bits per heavy atom. The molecule has 3 rings (SSSR count). The van der Waals surface area contributed by atoms with Crippen LogP contribution in [-0.4, -0.2) is 31.7 Å². The number of sulfonamides is 1. The molecule has 0 radical (unpaired) electrons. The Morgan fingerprint density at radius 1 is 0.966 bits per heavy atom. The van der Waals surface area contributed by atoms with Gasteiger partial charge in [-0.15, -0.1) is 0 Å². The molecule has 2 aromatic rings. The summed E-state index contributed by atoms with van der Waals surface area (Å²) in [5.74, 6) is -3.94. The topological polar surface area (TPSA) is 66.5 Å². The zero-order valence-corrected chi connectivity index (χ0v) is 16.6. The molecule has 0 spiro atoms. The van der Waals surface area contributed by atoms with Crippen molar-refractivity contribution in [2.24, 2.45) is 0 Å². The van der Waals surface area contributed by atoms with E-state index in [9.17, 15) is 26.4 Å². The first kappa shape index (κ1) is 21.3. The van der Waals surface area contributed by atoms with Gasteiger partial charge in [-0.05, 0) is 43.2 Å². The third-order valence-corrected chi connectivity index (χ3v) is 7.04. The van der Waals surface area contributed by atoms with Crippen molar-refractivity contribution in [3.8, 4) is 0 Å². The number of benzene rings is 2. The lowest BCUT2D eigenvalue weighted by molar-refractivity contribution is 0.102. The summed E-state index contributed by atoms with van der Waals surface area (Å²) in [6.07, 6.45) is 4.26. The minimum absolute atomic E-state index is 0.0121. The van der Waals surface area contributed by atoms with Crippen LogP contribution < -0.4 is 5.32 Å². The Labute approximate surface area is 167 Å².